The molecule has 2 aliphatic rings. The number of fused-ring (bicyclic) bond motifs is 2. The van der Waals surface area contributed by atoms with E-state index in [-0.39, 0.29) is 30.6 Å². The number of ether oxygens (including phenoxy) is 3. The second-order valence-corrected chi connectivity index (χ2v) is 7.90. The fourth-order valence-corrected chi connectivity index (χ4v) is 4.01. The molecule has 33 heavy (non-hydrogen) atoms. The number of alkyl halides is 3. The van der Waals surface area contributed by atoms with Gasteiger partial charge >= 0.3 is 6.36 Å². The van der Waals surface area contributed by atoms with Crippen molar-refractivity contribution in [1.29, 1.82) is 0 Å². The van der Waals surface area contributed by atoms with E-state index in [4.69, 9.17) is 15.2 Å². The van der Waals surface area contributed by atoms with Crippen LogP contribution in [0.2, 0.25) is 0 Å². The highest BCUT2D eigenvalue weighted by Crippen LogP contribution is 2.43. The van der Waals surface area contributed by atoms with Crippen molar-refractivity contribution >= 4 is 11.9 Å². The third kappa shape index (κ3) is 4.75. The quantitative estimate of drug-likeness (QED) is 0.732. The van der Waals surface area contributed by atoms with Gasteiger partial charge in [0.25, 0.3) is 5.91 Å². The summed E-state index contributed by atoms with van der Waals surface area (Å²) in [6, 6.07) is 10.8. The van der Waals surface area contributed by atoms with Gasteiger partial charge in [-0.3, -0.25) is 9.69 Å². The number of nitrogens with two attached hydrogens (primary N) is 1. The normalized spacial score (nSPS) is 21.8. The molecule has 10 heteroatoms. The minimum atomic E-state index is -4.80. The van der Waals surface area contributed by atoms with Crippen LogP contribution in [0.15, 0.2) is 47.5 Å². The number of nitrogens with zero attached hydrogens (tertiary/aromatic N) is 2. The van der Waals surface area contributed by atoms with Gasteiger partial charge in [0.15, 0.2) is 11.5 Å². The first kappa shape index (κ1) is 22.9. The average Bonchev–Trinajstić information content (AvgIpc) is 2.96. The Hall–Kier alpha value is -3.27. The average molecular weight is 463 g/mol. The van der Waals surface area contributed by atoms with Crippen LogP contribution >= 0.6 is 0 Å². The van der Waals surface area contributed by atoms with Crippen LogP contribution < -0.4 is 15.2 Å². The molecule has 0 saturated heterocycles. The molecule has 0 saturated carbocycles. The summed E-state index contributed by atoms with van der Waals surface area (Å²) in [6.07, 6.45) is -2.98. The monoisotopic (exact) mass is 463 g/mol. The van der Waals surface area contributed by atoms with E-state index in [1.807, 2.05) is 0 Å². The van der Waals surface area contributed by atoms with E-state index in [1.165, 1.54) is 23.1 Å². The first-order chi connectivity index (χ1) is 15.7. The summed E-state index contributed by atoms with van der Waals surface area (Å²) >= 11 is 0. The number of aliphatic imine (C=N–C) groups is 1. The lowest BCUT2D eigenvalue weighted by molar-refractivity contribution is -0.274. The van der Waals surface area contributed by atoms with Crippen molar-refractivity contribution < 1.29 is 32.2 Å². The lowest BCUT2D eigenvalue weighted by Gasteiger charge is -2.27. The maximum absolute atomic E-state index is 13.3. The highest BCUT2D eigenvalue weighted by molar-refractivity contribution is 6.07. The Morgan fingerprint density at radius 1 is 1.09 bits per heavy atom. The molecule has 2 aliphatic heterocycles. The molecule has 2 aromatic rings. The van der Waals surface area contributed by atoms with Crippen LogP contribution in [-0.4, -0.2) is 50.0 Å². The van der Waals surface area contributed by atoms with Gasteiger partial charge in [-0.25, -0.2) is 4.99 Å². The summed E-state index contributed by atoms with van der Waals surface area (Å²) in [7, 11) is 1.55. The Labute approximate surface area is 188 Å². The molecule has 0 aliphatic carbocycles. The molecular formula is C23H24F3N3O4. The van der Waals surface area contributed by atoms with Crippen LogP contribution in [0, 0.1) is 0 Å². The highest BCUT2D eigenvalue weighted by atomic mass is 19.4. The first-order valence-electron chi connectivity index (χ1n) is 10.5. The number of hydrogen-bond donors (Lipinski definition) is 1. The number of likely N-dealkylation sites (N-methyl/N-ethyl adjacent to an activating group) is 1. The number of rotatable bonds is 2. The van der Waals surface area contributed by atoms with Gasteiger partial charge in [-0.1, -0.05) is 18.2 Å². The predicted octanol–water partition coefficient (Wildman–Crippen LogP) is 3.81. The van der Waals surface area contributed by atoms with Gasteiger partial charge in [0, 0.05) is 32.2 Å². The number of hydrogen-bond acceptors (Lipinski definition) is 6. The van der Waals surface area contributed by atoms with E-state index in [1.54, 1.807) is 31.3 Å². The van der Waals surface area contributed by atoms with Crippen molar-refractivity contribution in [2.75, 3.05) is 26.9 Å². The van der Waals surface area contributed by atoms with Crippen LogP contribution in [0.25, 0.3) is 11.1 Å². The van der Waals surface area contributed by atoms with Crippen LogP contribution in [0.1, 0.15) is 24.8 Å². The van der Waals surface area contributed by atoms with Crippen molar-refractivity contribution in [3.63, 3.8) is 0 Å². The molecule has 0 bridgehead atoms. The molecular weight excluding hydrogens is 439 g/mol. The SMILES string of the molecule is CN1C(=O)[C@@]2(CCOCCCCOc3ccc(-c4cccc(OC(F)(F)F)c4)cc32)N=C1N. The van der Waals surface area contributed by atoms with Gasteiger partial charge in [0.2, 0.25) is 0 Å². The van der Waals surface area contributed by atoms with Crippen LogP contribution in [0.3, 0.4) is 0 Å². The van der Waals surface area contributed by atoms with E-state index in [2.05, 4.69) is 9.73 Å². The van der Waals surface area contributed by atoms with Gasteiger partial charge in [0.1, 0.15) is 11.5 Å². The number of carbonyl (C=O) groups is 1. The Balaban J connectivity index is 1.82. The van der Waals surface area contributed by atoms with Gasteiger partial charge in [-0.2, -0.15) is 0 Å². The Morgan fingerprint density at radius 2 is 1.85 bits per heavy atom. The van der Waals surface area contributed by atoms with Crippen LogP contribution in [0.4, 0.5) is 13.2 Å². The molecule has 4 rings (SSSR count). The van der Waals surface area contributed by atoms with Gasteiger partial charge in [-0.05, 0) is 48.2 Å². The first-order valence-corrected chi connectivity index (χ1v) is 10.5. The topological polar surface area (TPSA) is 86.4 Å². The smallest absolute Gasteiger partial charge is 0.493 e. The molecule has 0 fully saturated rings. The van der Waals surface area contributed by atoms with E-state index < -0.39 is 11.9 Å². The minimum absolute atomic E-state index is 0.0757. The Kier molecular flexibility index (Phi) is 6.20. The zero-order valence-electron chi connectivity index (χ0n) is 18.0. The summed E-state index contributed by atoms with van der Waals surface area (Å²) in [4.78, 5) is 19.1. The third-order valence-electron chi connectivity index (χ3n) is 5.68. The van der Waals surface area contributed by atoms with Crippen molar-refractivity contribution in [2.45, 2.75) is 31.2 Å². The molecule has 0 aromatic heterocycles. The zero-order valence-corrected chi connectivity index (χ0v) is 18.0. The number of carbonyl (C=O) groups excluding carboxylic acids is 1. The summed E-state index contributed by atoms with van der Waals surface area (Å²) in [5, 5.41) is 0. The largest absolute Gasteiger partial charge is 0.573 e. The van der Waals surface area contributed by atoms with Crippen molar-refractivity contribution in [1.82, 2.24) is 4.90 Å². The van der Waals surface area contributed by atoms with Gasteiger partial charge in [-0.15, -0.1) is 13.2 Å². The third-order valence-corrected chi connectivity index (χ3v) is 5.68. The molecule has 1 amide bonds. The van der Waals surface area contributed by atoms with Crippen molar-refractivity contribution in [2.24, 2.45) is 10.7 Å². The van der Waals surface area contributed by atoms with E-state index in [9.17, 15) is 18.0 Å². The zero-order chi connectivity index (χ0) is 23.6. The molecule has 2 N–H and O–H groups in total. The maximum atomic E-state index is 13.3. The van der Waals surface area contributed by atoms with Crippen molar-refractivity contribution in [3.05, 3.63) is 48.0 Å². The highest BCUT2D eigenvalue weighted by Gasteiger charge is 2.49. The Morgan fingerprint density at radius 3 is 2.58 bits per heavy atom. The minimum Gasteiger partial charge on any atom is -0.493 e. The van der Waals surface area contributed by atoms with E-state index in [0.29, 0.717) is 35.7 Å². The second-order valence-electron chi connectivity index (χ2n) is 7.90. The van der Waals surface area contributed by atoms with Crippen molar-refractivity contribution in [3.8, 4) is 22.6 Å². The second kappa shape index (κ2) is 8.93. The number of amides is 1. The van der Waals surface area contributed by atoms with Gasteiger partial charge < -0.3 is 19.9 Å². The Bertz CT molecular complexity index is 1070. The fourth-order valence-electron chi connectivity index (χ4n) is 4.01. The molecule has 7 nitrogen and oxygen atoms in total. The molecule has 0 radical (unpaired) electrons. The molecule has 2 heterocycles. The lowest BCUT2D eigenvalue weighted by Crippen LogP contribution is -2.41. The van der Waals surface area contributed by atoms with E-state index in [0.717, 1.165) is 12.8 Å². The van der Waals surface area contributed by atoms with Gasteiger partial charge in [0.05, 0.1) is 6.61 Å². The maximum Gasteiger partial charge on any atom is 0.573 e. The summed E-state index contributed by atoms with van der Waals surface area (Å²) in [6.45, 7) is 1.25. The summed E-state index contributed by atoms with van der Waals surface area (Å²) in [5.41, 5.74) is 6.20. The van der Waals surface area contributed by atoms with Crippen LogP contribution in [-0.2, 0) is 15.1 Å². The number of guanidine groups is 1. The standard InChI is InChI=1S/C23H24F3N3O4/c1-29-20(30)22(28-21(29)27)9-12-31-10-2-3-11-32-19-8-7-16(14-18(19)22)15-5-4-6-17(13-15)33-23(24,25)26/h4-8,13-14H,2-3,9-12H2,1H3,(H2,27,28)/t22-/m0/s1. The fraction of sp³-hybridized carbons (Fsp3) is 0.391. The molecule has 1 spiro atoms. The van der Waals surface area contributed by atoms with Crippen LogP contribution in [0.5, 0.6) is 11.5 Å². The molecule has 176 valence electrons. The van der Waals surface area contributed by atoms with E-state index >= 15 is 0 Å². The molecule has 1 atom stereocenters. The number of benzene rings is 2. The lowest BCUT2D eigenvalue weighted by atomic mass is 9.84. The molecule has 0 unspecified atom stereocenters. The summed E-state index contributed by atoms with van der Waals surface area (Å²) in [5.74, 6) is -0.107. The predicted molar refractivity (Wildman–Crippen MR) is 115 cm³/mol. The summed E-state index contributed by atoms with van der Waals surface area (Å²) < 4.78 is 53.8. The number of halogens is 3. The molecule has 2 aromatic carbocycles.